The Hall–Kier alpha value is -4.50. The van der Waals surface area contributed by atoms with Gasteiger partial charge in [0, 0.05) is 30.4 Å². The molecule has 0 spiro atoms. The van der Waals surface area contributed by atoms with Crippen molar-refractivity contribution in [2.45, 2.75) is 18.5 Å². The predicted molar refractivity (Wildman–Crippen MR) is 143 cm³/mol. The fraction of sp³-hybridized carbons (Fsp3) is 0.143. The second-order valence-electron chi connectivity index (χ2n) is 8.57. The zero-order valence-electron chi connectivity index (χ0n) is 19.7. The number of aromatic carboxylic acids is 1. The maximum Gasteiger partial charge on any atom is 0.335 e. The molecule has 2 aromatic carbocycles. The number of carboxylic acids is 1. The van der Waals surface area contributed by atoms with Crippen molar-refractivity contribution in [3.8, 4) is 11.3 Å². The van der Waals surface area contributed by atoms with Crippen molar-refractivity contribution in [1.29, 1.82) is 0 Å². The smallest absolute Gasteiger partial charge is 0.335 e. The minimum atomic E-state index is -1.01. The van der Waals surface area contributed by atoms with Crippen molar-refractivity contribution in [3.05, 3.63) is 108 Å². The molecular weight excluding hydrogens is 488 g/mol. The van der Waals surface area contributed by atoms with E-state index in [0.717, 1.165) is 11.4 Å². The first-order chi connectivity index (χ1) is 18.0. The van der Waals surface area contributed by atoms with Crippen LogP contribution in [0.5, 0.6) is 0 Å². The van der Waals surface area contributed by atoms with Gasteiger partial charge in [-0.25, -0.2) is 4.79 Å². The van der Waals surface area contributed by atoms with E-state index in [0.29, 0.717) is 28.7 Å². The summed E-state index contributed by atoms with van der Waals surface area (Å²) < 4.78 is 6.26. The van der Waals surface area contributed by atoms with E-state index in [4.69, 9.17) is 16.6 Å². The second kappa shape index (κ2) is 10.6. The van der Waals surface area contributed by atoms with E-state index in [2.05, 4.69) is 15.6 Å². The zero-order chi connectivity index (χ0) is 25.8. The number of carbonyl (C=O) groups is 2. The third kappa shape index (κ3) is 5.36. The molecule has 0 aliphatic carbocycles. The van der Waals surface area contributed by atoms with E-state index in [1.165, 1.54) is 6.07 Å². The molecule has 1 aliphatic rings. The Bertz CT molecular complexity index is 1420. The Morgan fingerprint density at radius 2 is 1.84 bits per heavy atom. The maximum absolute atomic E-state index is 12.7. The Balaban J connectivity index is 1.42. The van der Waals surface area contributed by atoms with E-state index in [1.54, 1.807) is 24.4 Å². The molecule has 37 heavy (non-hydrogen) atoms. The number of anilines is 1. The quantitative estimate of drug-likeness (QED) is 0.282. The van der Waals surface area contributed by atoms with E-state index >= 15 is 0 Å². The third-order valence-corrected chi connectivity index (χ3v) is 6.50. The van der Waals surface area contributed by atoms with Gasteiger partial charge in [-0.15, -0.1) is 0 Å². The lowest BCUT2D eigenvalue weighted by Crippen LogP contribution is -2.32. The fourth-order valence-corrected chi connectivity index (χ4v) is 4.73. The largest absolute Gasteiger partial charge is 0.478 e. The molecule has 186 valence electrons. The number of amides is 1. The molecule has 8 nitrogen and oxygen atoms in total. The SMILES string of the molecule is O=C(CCN1C(=S)N[C@H](c2ccccn2)[C@@H]1c1ccc(-c2cccc(C(=O)O)c2)o1)Nc1ccccc1. The Morgan fingerprint density at radius 3 is 2.59 bits per heavy atom. The lowest BCUT2D eigenvalue weighted by molar-refractivity contribution is -0.116. The summed E-state index contributed by atoms with van der Waals surface area (Å²) in [6, 6.07) is 24.6. The first-order valence-corrected chi connectivity index (χ1v) is 12.2. The van der Waals surface area contributed by atoms with Crippen LogP contribution < -0.4 is 10.6 Å². The van der Waals surface area contributed by atoms with Crippen LogP contribution in [0.1, 0.15) is 40.3 Å². The highest BCUT2D eigenvalue weighted by Gasteiger charge is 2.41. The summed E-state index contributed by atoms with van der Waals surface area (Å²) in [6.45, 7) is 0.364. The number of aromatic nitrogens is 1. The highest BCUT2D eigenvalue weighted by atomic mass is 32.1. The van der Waals surface area contributed by atoms with Gasteiger partial charge in [-0.05, 0) is 60.7 Å². The molecule has 3 heterocycles. The number of pyridine rings is 1. The highest BCUT2D eigenvalue weighted by molar-refractivity contribution is 7.80. The van der Waals surface area contributed by atoms with Crippen LogP contribution in [0.3, 0.4) is 0 Å². The monoisotopic (exact) mass is 512 g/mol. The van der Waals surface area contributed by atoms with Gasteiger partial charge in [-0.2, -0.15) is 0 Å². The lowest BCUT2D eigenvalue weighted by atomic mass is 10.0. The number of carbonyl (C=O) groups excluding carboxylic acids is 1. The van der Waals surface area contributed by atoms with Gasteiger partial charge >= 0.3 is 5.97 Å². The Kier molecular flexibility index (Phi) is 6.96. The molecule has 1 fully saturated rings. The highest BCUT2D eigenvalue weighted by Crippen LogP contribution is 2.40. The number of hydrogen-bond donors (Lipinski definition) is 3. The van der Waals surface area contributed by atoms with Crippen molar-refractivity contribution >= 4 is 34.9 Å². The molecule has 9 heteroatoms. The van der Waals surface area contributed by atoms with Crippen molar-refractivity contribution in [2.75, 3.05) is 11.9 Å². The van der Waals surface area contributed by atoms with Crippen LogP contribution in [0, 0.1) is 0 Å². The molecular formula is C28H24N4O4S. The number of thiocarbonyl (C=S) groups is 1. The van der Waals surface area contributed by atoms with Crippen LogP contribution in [-0.2, 0) is 4.79 Å². The number of benzene rings is 2. The van der Waals surface area contributed by atoms with E-state index < -0.39 is 5.97 Å². The van der Waals surface area contributed by atoms with Crippen molar-refractivity contribution in [2.24, 2.45) is 0 Å². The zero-order valence-corrected chi connectivity index (χ0v) is 20.5. The number of nitrogens with zero attached hydrogens (tertiary/aromatic N) is 2. The predicted octanol–water partition coefficient (Wildman–Crippen LogP) is 5.04. The normalized spacial score (nSPS) is 16.9. The maximum atomic E-state index is 12.7. The summed E-state index contributed by atoms with van der Waals surface area (Å²) in [4.78, 5) is 30.5. The van der Waals surface area contributed by atoms with E-state index in [9.17, 15) is 14.7 Å². The molecule has 3 N–H and O–H groups in total. The number of para-hydroxylation sites is 1. The molecule has 5 rings (SSSR count). The summed E-state index contributed by atoms with van der Waals surface area (Å²) in [5.41, 5.74) is 2.35. The fourth-order valence-electron chi connectivity index (χ4n) is 4.39. The number of hydrogen-bond acceptors (Lipinski definition) is 5. The Morgan fingerprint density at radius 1 is 1.03 bits per heavy atom. The van der Waals surface area contributed by atoms with Crippen LogP contribution in [0.15, 0.2) is 95.5 Å². The Labute approximate surface area is 219 Å². The topological polar surface area (TPSA) is 108 Å². The van der Waals surface area contributed by atoms with Gasteiger partial charge in [0.2, 0.25) is 5.91 Å². The van der Waals surface area contributed by atoms with Gasteiger partial charge in [0.1, 0.15) is 17.6 Å². The first kappa shape index (κ1) is 24.2. The minimum absolute atomic E-state index is 0.125. The van der Waals surface area contributed by atoms with Crippen LogP contribution in [0.25, 0.3) is 11.3 Å². The molecule has 1 saturated heterocycles. The van der Waals surface area contributed by atoms with Crippen molar-refractivity contribution in [3.63, 3.8) is 0 Å². The standard InChI is InChI=1S/C28H24N4O4S/c33-24(30-20-9-2-1-3-10-20)14-16-32-26(25(31-28(32)37)21-11-4-5-15-29-21)23-13-12-22(36-23)18-7-6-8-19(17-18)27(34)35/h1-13,15,17,25-26H,14,16H2,(H,30,33)(H,31,37)(H,34,35)/t25-,26+/m1/s1. The molecule has 0 saturated carbocycles. The average Bonchev–Trinajstić information content (AvgIpc) is 3.53. The number of rotatable bonds is 8. The van der Waals surface area contributed by atoms with E-state index in [-0.39, 0.29) is 30.0 Å². The summed E-state index contributed by atoms with van der Waals surface area (Å²) in [7, 11) is 0. The van der Waals surface area contributed by atoms with Crippen molar-refractivity contribution in [1.82, 2.24) is 15.2 Å². The molecule has 0 radical (unpaired) electrons. The summed E-state index contributed by atoms with van der Waals surface area (Å²) in [5, 5.41) is 16.1. The van der Waals surface area contributed by atoms with Crippen LogP contribution in [0.2, 0.25) is 0 Å². The summed E-state index contributed by atoms with van der Waals surface area (Å²) >= 11 is 5.67. The number of carboxylic acid groups (broad SMARTS) is 1. The molecule has 2 atom stereocenters. The molecule has 0 unspecified atom stereocenters. The van der Waals surface area contributed by atoms with Gasteiger partial charge in [0.15, 0.2) is 5.11 Å². The molecule has 2 aromatic heterocycles. The first-order valence-electron chi connectivity index (χ1n) is 11.8. The number of nitrogens with one attached hydrogen (secondary N) is 2. The van der Waals surface area contributed by atoms with Crippen LogP contribution in [-0.4, -0.2) is 38.5 Å². The molecule has 0 bridgehead atoms. The summed E-state index contributed by atoms with van der Waals surface area (Å²) in [6.07, 6.45) is 1.94. The van der Waals surface area contributed by atoms with Gasteiger partial charge in [0.05, 0.1) is 17.3 Å². The lowest BCUT2D eigenvalue weighted by Gasteiger charge is -2.25. The van der Waals surface area contributed by atoms with Gasteiger partial charge in [0.25, 0.3) is 0 Å². The van der Waals surface area contributed by atoms with Gasteiger partial charge in [-0.3, -0.25) is 9.78 Å². The summed E-state index contributed by atoms with van der Waals surface area (Å²) in [5.74, 6) is 0.0356. The van der Waals surface area contributed by atoms with Crippen molar-refractivity contribution < 1.29 is 19.1 Å². The molecule has 1 amide bonds. The van der Waals surface area contributed by atoms with Gasteiger partial charge < -0.3 is 25.1 Å². The van der Waals surface area contributed by atoms with Gasteiger partial charge in [-0.1, -0.05) is 36.4 Å². The second-order valence-corrected chi connectivity index (χ2v) is 8.96. The molecule has 1 aliphatic heterocycles. The minimum Gasteiger partial charge on any atom is -0.478 e. The molecule has 4 aromatic rings. The number of furan rings is 1. The average molecular weight is 513 g/mol. The third-order valence-electron chi connectivity index (χ3n) is 6.15. The van der Waals surface area contributed by atoms with Crippen LogP contribution >= 0.6 is 12.2 Å². The van der Waals surface area contributed by atoms with E-state index in [1.807, 2.05) is 65.6 Å². The van der Waals surface area contributed by atoms with Crippen LogP contribution in [0.4, 0.5) is 5.69 Å².